The van der Waals surface area contributed by atoms with Crippen LogP contribution in [0.25, 0.3) is 0 Å². The Morgan fingerprint density at radius 2 is 2.14 bits per heavy atom. The monoisotopic (exact) mass is 192 g/mol. The SMILES string of the molecule is O=C1[C@@H]2OC[C@@H](O2)[C@H]2[C@@H]1[C@@H]1C=C[C@H]2C1. The van der Waals surface area contributed by atoms with Gasteiger partial charge in [-0.15, -0.1) is 0 Å². The van der Waals surface area contributed by atoms with Crippen molar-refractivity contribution in [2.24, 2.45) is 23.7 Å². The molecule has 2 heterocycles. The Labute approximate surface area is 82.1 Å². The summed E-state index contributed by atoms with van der Waals surface area (Å²) in [5.74, 6) is 1.86. The Morgan fingerprint density at radius 3 is 3.07 bits per heavy atom. The van der Waals surface area contributed by atoms with Crippen LogP contribution in [0.1, 0.15) is 6.42 Å². The van der Waals surface area contributed by atoms with Gasteiger partial charge in [-0.1, -0.05) is 12.2 Å². The van der Waals surface area contributed by atoms with Gasteiger partial charge in [-0.25, -0.2) is 0 Å². The first-order valence-electron chi connectivity index (χ1n) is 5.34. The highest BCUT2D eigenvalue weighted by molar-refractivity contribution is 5.87. The van der Waals surface area contributed by atoms with Crippen molar-refractivity contribution in [1.29, 1.82) is 0 Å². The molecule has 3 nitrogen and oxygen atoms in total. The lowest BCUT2D eigenvalue weighted by molar-refractivity contribution is -0.166. The Balaban J connectivity index is 1.81. The second-order valence-corrected chi connectivity index (χ2v) is 4.79. The molecule has 3 fully saturated rings. The van der Waals surface area contributed by atoms with Crippen LogP contribution in [0.15, 0.2) is 12.2 Å². The number of ketones is 1. The number of Topliss-reactive ketones (excluding diaryl/α,β-unsaturated/α-hetero) is 1. The van der Waals surface area contributed by atoms with Crippen LogP contribution in [0.4, 0.5) is 0 Å². The number of rotatable bonds is 0. The Hall–Kier alpha value is -0.670. The van der Waals surface area contributed by atoms with Crippen LogP contribution in [-0.4, -0.2) is 24.8 Å². The molecular formula is C11H12O3. The van der Waals surface area contributed by atoms with E-state index in [1.807, 2.05) is 0 Å². The molecule has 0 aromatic carbocycles. The standard InChI is InChI=1S/C11H12O3/c12-10-9-6-2-1-5(3-6)8(9)7-4-13-11(10)14-7/h1-2,5-9,11H,3-4H2/t5-,6+,7+,8-,9-,11+/m0/s1. The van der Waals surface area contributed by atoms with Crippen LogP contribution in [-0.2, 0) is 14.3 Å². The van der Waals surface area contributed by atoms with E-state index in [0.717, 1.165) is 6.42 Å². The van der Waals surface area contributed by atoms with Gasteiger partial charge in [-0.3, -0.25) is 4.79 Å². The lowest BCUT2D eigenvalue weighted by Crippen LogP contribution is -2.45. The van der Waals surface area contributed by atoms with Crippen molar-refractivity contribution >= 4 is 5.78 Å². The highest BCUT2D eigenvalue weighted by Gasteiger charge is 2.59. The maximum atomic E-state index is 12.0. The topological polar surface area (TPSA) is 35.5 Å². The normalized spacial score (nSPS) is 58.1. The number of hydrogen-bond donors (Lipinski definition) is 0. The van der Waals surface area contributed by atoms with Crippen molar-refractivity contribution in [3.05, 3.63) is 12.2 Å². The zero-order valence-corrected chi connectivity index (χ0v) is 7.76. The lowest BCUT2D eigenvalue weighted by Gasteiger charge is -2.34. The smallest absolute Gasteiger partial charge is 0.218 e. The van der Waals surface area contributed by atoms with E-state index < -0.39 is 6.29 Å². The van der Waals surface area contributed by atoms with Crippen molar-refractivity contribution in [3.8, 4) is 0 Å². The molecule has 2 aliphatic carbocycles. The average molecular weight is 192 g/mol. The molecule has 4 bridgehead atoms. The summed E-state index contributed by atoms with van der Waals surface area (Å²) in [6, 6.07) is 0. The molecule has 1 saturated carbocycles. The maximum Gasteiger partial charge on any atom is 0.218 e. The van der Waals surface area contributed by atoms with Gasteiger partial charge in [0, 0.05) is 11.8 Å². The van der Waals surface area contributed by atoms with Crippen LogP contribution in [0.2, 0.25) is 0 Å². The molecule has 6 atom stereocenters. The summed E-state index contributed by atoms with van der Waals surface area (Å²) in [5, 5.41) is 0. The van der Waals surface area contributed by atoms with Gasteiger partial charge in [-0.05, 0) is 18.3 Å². The Bertz CT molecular complexity index is 335. The molecule has 0 unspecified atom stereocenters. The number of hydrogen-bond acceptors (Lipinski definition) is 3. The molecule has 74 valence electrons. The third kappa shape index (κ3) is 0.708. The first kappa shape index (κ1) is 7.60. The van der Waals surface area contributed by atoms with Gasteiger partial charge in [0.2, 0.25) is 6.29 Å². The van der Waals surface area contributed by atoms with Gasteiger partial charge in [0.05, 0.1) is 12.7 Å². The molecule has 0 spiro atoms. The molecular weight excluding hydrogens is 180 g/mol. The summed E-state index contributed by atoms with van der Waals surface area (Å²) in [7, 11) is 0. The molecule has 0 N–H and O–H groups in total. The third-order valence-corrected chi connectivity index (χ3v) is 4.22. The second kappa shape index (κ2) is 2.28. The summed E-state index contributed by atoms with van der Waals surface area (Å²) in [6.45, 7) is 0.620. The van der Waals surface area contributed by atoms with Crippen LogP contribution in [0.5, 0.6) is 0 Å². The number of ether oxygens (including phenoxy) is 2. The average Bonchev–Trinajstić information content (AvgIpc) is 2.89. The lowest BCUT2D eigenvalue weighted by atomic mass is 9.76. The summed E-state index contributed by atoms with van der Waals surface area (Å²) in [5.41, 5.74) is 0. The summed E-state index contributed by atoms with van der Waals surface area (Å²) in [6.07, 6.45) is 5.29. The first-order valence-corrected chi connectivity index (χ1v) is 5.34. The van der Waals surface area contributed by atoms with Crippen LogP contribution in [0, 0.1) is 23.7 Å². The predicted octanol–water partition coefficient (Wildman–Crippen LogP) is 0.749. The molecule has 14 heavy (non-hydrogen) atoms. The molecule has 0 amide bonds. The Morgan fingerprint density at radius 1 is 1.29 bits per heavy atom. The molecule has 0 aromatic heterocycles. The quantitative estimate of drug-likeness (QED) is 0.531. The molecule has 4 rings (SSSR count). The molecule has 3 heteroatoms. The van der Waals surface area contributed by atoms with Gasteiger partial charge in [0.15, 0.2) is 5.78 Å². The fourth-order valence-electron chi connectivity index (χ4n) is 3.70. The van der Waals surface area contributed by atoms with Crippen molar-refractivity contribution in [3.63, 3.8) is 0 Å². The van der Waals surface area contributed by atoms with E-state index in [-0.39, 0.29) is 17.8 Å². The van der Waals surface area contributed by atoms with Gasteiger partial charge in [0.1, 0.15) is 0 Å². The zero-order valence-electron chi connectivity index (χ0n) is 7.76. The van der Waals surface area contributed by atoms with Crippen LogP contribution < -0.4 is 0 Å². The molecule has 2 saturated heterocycles. The van der Waals surface area contributed by atoms with E-state index in [0.29, 0.717) is 24.4 Å². The number of allylic oxidation sites excluding steroid dienone is 2. The highest BCUT2D eigenvalue weighted by Crippen LogP contribution is 2.54. The van der Waals surface area contributed by atoms with Gasteiger partial charge >= 0.3 is 0 Å². The van der Waals surface area contributed by atoms with Gasteiger partial charge in [-0.2, -0.15) is 0 Å². The van der Waals surface area contributed by atoms with Crippen LogP contribution >= 0.6 is 0 Å². The van der Waals surface area contributed by atoms with Crippen LogP contribution in [0.3, 0.4) is 0 Å². The van der Waals surface area contributed by atoms with Crippen molar-refractivity contribution in [2.75, 3.05) is 6.61 Å². The Kier molecular flexibility index (Phi) is 1.24. The largest absolute Gasteiger partial charge is 0.343 e. The van der Waals surface area contributed by atoms with E-state index in [2.05, 4.69) is 12.2 Å². The van der Waals surface area contributed by atoms with E-state index in [9.17, 15) is 4.79 Å². The predicted molar refractivity (Wildman–Crippen MR) is 47.3 cm³/mol. The summed E-state index contributed by atoms with van der Waals surface area (Å²) in [4.78, 5) is 12.0. The minimum atomic E-state index is -0.533. The second-order valence-electron chi connectivity index (χ2n) is 4.79. The molecule has 0 radical (unpaired) electrons. The summed E-state index contributed by atoms with van der Waals surface area (Å²) >= 11 is 0. The van der Waals surface area contributed by atoms with Crippen molar-refractivity contribution in [1.82, 2.24) is 0 Å². The summed E-state index contributed by atoms with van der Waals surface area (Å²) < 4.78 is 10.9. The number of fused-ring (bicyclic) bond motifs is 8. The van der Waals surface area contributed by atoms with Gasteiger partial charge < -0.3 is 9.47 Å². The number of carbonyl (C=O) groups is 1. The minimum absolute atomic E-state index is 0.183. The zero-order chi connectivity index (χ0) is 9.28. The van der Waals surface area contributed by atoms with Gasteiger partial charge in [0.25, 0.3) is 0 Å². The maximum absolute atomic E-state index is 12.0. The molecule has 4 aliphatic rings. The minimum Gasteiger partial charge on any atom is -0.343 e. The van der Waals surface area contributed by atoms with E-state index in [1.165, 1.54) is 0 Å². The first-order chi connectivity index (χ1) is 6.84. The molecule has 2 aliphatic heterocycles. The van der Waals surface area contributed by atoms with Crippen molar-refractivity contribution < 1.29 is 14.3 Å². The fraction of sp³-hybridized carbons (Fsp3) is 0.727. The van der Waals surface area contributed by atoms with Crippen molar-refractivity contribution in [2.45, 2.75) is 18.8 Å². The number of carbonyl (C=O) groups excluding carboxylic acids is 1. The fourth-order valence-corrected chi connectivity index (χ4v) is 3.70. The third-order valence-electron chi connectivity index (χ3n) is 4.22. The highest BCUT2D eigenvalue weighted by atomic mass is 16.7. The van der Waals surface area contributed by atoms with E-state index in [1.54, 1.807) is 0 Å². The van der Waals surface area contributed by atoms with E-state index in [4.69, 9.17) is 9.47 Å². The molecule has 0 aromatic rings. The van der Waals surface area contributed by atoms with E-state index >= 15 is 0 Å².